The molecule has 0 bridgehead atoms. The predicted octanol–water partition coefficient (Wildman–Crippen LogP) is 2.31. The highest BCUT2D eigenvalue weighted by Crippen LogP contribution is 2.30. The molecule has 2 saturated heterocycles. The Hall–Kier alpha value is -0.570. The van der Waals surface area contributed by atoms with E-state index in [1.54, 1.807) is 0 Å². The lowest BCUT2D eigenvalue weighted by Crippen LogP contribution is -2.49. The van der Waals surface area contributed by atoms with Gasteiger partial charge in [-0.3, -0.25) is 4.79 Å². The van der Waals surface area contributed by atoms with Crippen molar-refractivity contribution in [3.05, 3.63) is 0 Å². The lowest BCUT2D eigenvalue weighted by atomic mass is 9.86. The Morgan fingerprint density at radius 2 is 1.89 bits per heavy atom. The summed E-state index contributed by atoms with van der Waals surface area (Å²) in [6, 6.07) is 1.61. The minimum Gasteiger partial charge on any atom is -0.338 e. The van der Waals surface area contributed by atoms with Gasteiger partial charge in [0.25, 0.3) is 0 Å². The second-order valence-electron chi connectivity index (χ2n) is 6.58. The summed E-state index contributed by atoms with van der Waals surface area (Å²) in [5.74, 6) is 1.29. The minimum absolute atomic E-state index is 0.390. The summed E-state index contributed by atoms with van der Waals surface area (Å²) in [5, 5.41) is 3.81. The molecular weight excluding hydrogens is 224 g/mol. The van der Waals surface area contributed by atoms with Gasteiger partial charge in [0.05, 0.1) is 0 Å². The average Bonchev–Trinajstić information content (AvgIpc) is 2.70. The number of nitrogens with zero attached hydrogens (tertiary/aromatic N) is 1. The lowest BCUT2D eigenvalue weighted by molar-refractivity contribution is -0.129. The summed E-state index contributed by atoms with van der Waals surface area (Å²) in [5.41, 5.74) is 0. The third-order valence-electron chi connectivity index (χ3n) is 5.19. The lowest BCUT2D eigenvalue weighted by Gasteiger charge is -2.35. The molecule has 3 aliphatic rings. The predicted molar refractivity (Wildman–Crippen MR) is 72.3 cm³/mol. The summed E-state index contributed by atoms with van der Waals surface area (Å²) >= 11 is 0. The summed E-state index contributed by atoms with van der Waals surface area (Å²) in [6.45, 7) is 3.36. The number of hydrogen-bond donors (Lipinski definition) is 1. The van der Waals surface area contributed by atoms with E-state index in [2.05, 4.69) is 17.1 Å². The molecule has 2 aliphatic heterocycles. The van der Waals surface area contributed by atoms with E-state index in [-0.39, 0.29) is 0 Å². The van der Waals surface area contributed by atoms with Gasteiger partial charge in [-0.05, 0) is 50.9 Å². The van der Waals surface area contributed by atoms with Crippen molar-refractivity contribution in [2.75, 3.05) is 6.54 Å². The molecule has 0 spiro atoms. The molecule has 2 unspecified atom stereocenters. The van der Waals surface area contributed by atoms with Crippen molar-refractivity contribution < 1.29 is 4.79 Å². The fourth-order valence-corrected chi connectivity index (χ4v) is 4.03. The van der Waals surface area contributed by atoms with Crippen LogP contribution in [0.4, 0.5) is 0 Å². The zero-order chi connectivity index (χ0) is 12.5. The minimum atomic E-state index is 0.390. The zero-order valence-electron chi connectivity index (χ0n) is 11.5. The first-order valence-electron chi connectivity index (χ1n) is 7.79. The van der Waals surface area contributed by atoms with Gasteiger partial charge >= 0.3 is 0 Å². The molecule has 3 rings (SSSR count). The third-order valence-corrected chi connectivity index (χ3v) is 5.19. The maximum atomic E-state index is 12.0. The van der Waals surface area contributed by atoms with Gasteiger partial charge in [0.1, 0.15) is 0 Å². The van der Waals surface area contributed by atoms with Crippen LogP contribution in [0, 0.1) is 5.92 Å². The van der Waals surface area contributed by atoms with Gasteiger partial charge < -0.3 is 10.2 Å². The van der Waals surface area contributed by atoms with Crippen molar-refractivity contribution >= 4 is 5.91 Å². The van der Waals surface area contributed by atoms with Crippen LogP contribution in [-0.2, 0) is 4.79 Å². The summed E-state index contributed by atoms with van der Waals surface area (Å²) in [7, 11) is 0. The molecule has 1 N–H and O–H groups in total. The molecule has 3 fully saturated rings. The number of carbonyl (C=O) groups is 1. The van der Waals surface area contributed by atoms with E-state index >= 15 is 0 Å². The SMILES string of the molecule is CC1CCC(NC2CC(=O)N3CCCCC23)CC1. The summed E-state index contributed by atoms with van der Waals surface area (Å²) in [4.78, 5) is 14.1. The van der Waals surface area contributed by atoms with Crippen molar-refractivity contribution in [2.24, 2.45) is 5.92 Å². The van der Waals surface area contributed by atoms with Crippen LogP contribution in [0.5, 0.6) is 0 Å². The first kappa shape index (κ1) is 12.5. The number of carbonyl (C=O) groups excluding carboxylic acids is 1. The monoisotopic (exact) mass is 250 g/mol. The van der Waals surface area contributed by atoms with Crippen molar-refractivity contribution in [1.29, 1.82) is 0 Å². The number of fused-ring (bicyclic) bond motifs is 1. The molecular formula is C15H26N2O. The molecule has 2 atom stereocenters. The fourth-order valence-electron chi connectivity index (χ4n) is 4.03. The van der Waals surface area contributed by atoms with E-state index in [4.69, 9.17) is 0 Å². The van der Waals surface area contributed by atoms with Gasteiger partial charge in [-0.2, -0.15) is 0 Å². The second kappa shape index (κ2) is 5.20. The van der Waals surface area contributed by atoms with Crippen molar-refractivity contribution in [1.82, 2.24) is 10.2 Å². The van der Waals surface area contributed by atoms with Gasteiger partial charge in [-0.1, -0.05) is 6.92 Å². The van der Waals surface area contributed by atoms with Crippen LogP contribution in [0.25, 0.3) is 0 Å². The highest BCUT2D eigenvalue weighted by atomic mass is 16.2. The van der Waals surface area contributed by atoms with Crippen LogP contribution < -0.4 is 5.32 Å². The van der Waals surface area contributed by atoms with Crippen LogP contribution in [0.2, 0.25) is 0 Å². The number of amides is 1. The highest BCUT2D eigenvalue weighted by molar-refractivity contribution is 5.80. The summed E-state index contributed by atoms with van der Waals surface area (Å²) < 4.78 is 0. The van der Waals surface area contributed by atoms with Gasteiger partial charge in [0, 0.05) is 31.1 Å². The van der Waals surface area contributed by atoms with Crippen molar-refractivity contribution in [3.63, 3.8) is 0 Å². The standard InChI is InChI=1S/C15H26N2O/c1-11-5-7-12(8-6-11)16-13-10-15(18)17-9-3-2-4-14(13)17/h11-14,16H,2-10H2,1H3. The van der Waals surface area contributed by atoms with Crippen LogP contribution >= 0.6 is 0 Å². The van der Waals surface area contributed by atoms with E-state index in [0.29, 0.717) is 24.0 Å². The molecule has 1 saturated carbocycles. The summed E-state index contributed by atoms with van der Waals surface area (Å²) in [6.07, 6.45) is 9.78. The maximum Gasteiger partial charge on any atom is 0.224 e. The fraction of sp³-hybridized carbons (Fsp3) is 0.933. The van der Waals surface area contributed by atoms with Gasteiger partial charge in [0.15, 0.2) is 0 Å². The highest BCUT2D eigenvalue weighted by Gasteiger charge is 2.41. The van der Waals surface area contributed by atoms with Crippen molar-refractivity contribution in [3.8, 4) is 0 Å². The van der Waals surface area contributed by atoms with E-state index < -0.39 is 0 Å². The molecule has 3 nitrogen and oxygen atoms in total. The Morgan fingerprint density at radius 3 is 2.67 bits per heavy atom. The molecule has 18 heavy (non-hydrogen) atoms. The Labute approximate surface area is 110 Å². The molecule has 3 heteroatoms. The van der Waals surface area contributed by atoms with E-state index in [9.17, 15) is 4.79 Å². The first-order valence-corrected chi connectivity index (χ1v) is 7.79. The van der Waals surface area contributed by atoms with Crippen LogP contribution in [0.15, 0.2) is 0 Å². The van der Waals surface area contributed by atoms with Gasteiger partial charge in [-0.25, -0.2) is 0 Å². The number of piperidine rings is 1. The molecule has 0 radical (unpaired) electrons. The Bertz CT molecular complexity index is 310. The van der Waals surface area contributed by atoms with E-state index in [0.717, 1.165) is 18.9 Å². The third kappa shape index (κ3) is 2.42. The van der Waals surface area contributed by atoms with E-state index in [1.165, 1.54) is 44.9 Å². The van der Waals surface area contributed by atoms with Gasteiger partial charge in [-0.15, -0.1) is 0 Å². The molecule has 102 valence electrons. The average molecular weight is 250 g/mol. The van der Waals surface area contributed by atoms with Crippen LogP contribution in [0.3, 0.4) is 0 Å². The smallest absolute Gasteiger partial charge is 0.224 e. The number of nitrogens with one attached hydrogen (secondary N) is 1. The molecule has 2 heterocycles. The molecule has 1 aliphatic carbocycles. The Kier molecular flexibility index (Phi) is 3.60. The topological polar surface area (TPSA) is 32.3 Å². The number of hydrogen-bond acceptors (Lipinski definition) is 2. The largest absolute Gasteiger partial charge is 0.338 e. The molecule has 0 aromatic rings. The number of rotatable bonds is 2. The van der Waals surface area contributed by atoms with Crippen LogP contribution in [0.1, 0.15) is 58.3 Å². The van der Waals surface area contributed by atoms with Crippen molar-refractivity contribution in [2.45, 2.75) is 76.4 Å². The quantitative estimate of drug-likeness (QED) is 0.815. The second-order valence-corrected chi connectivity index (χ2v) is 6.58. The molecule has 0 aromatic heterocycles. The Balaban J connectivity index is 1.57. The maximum absolute atomic E-state index is 12.0. The van der Waals surface area contributed by atoms with E-state index in [1.807, 2.05) is 0 Å². The Morgan fingerprint density at radius 1 is 1.11 bits per heavy atom. The zero-order valence-corrected chi connectivity index (χ0v) is 11.5. The van der Waals surface area contributed by atoms with Crippen LogP contribution in [-0.4, -0.2) is 35.5 Å². The normalized spacial score (nSPS) is 40.9. The first-order chi connectivity index (χ1) is 8.74. The van der Waals surface area contributed by atoms with Gasteiger partial charge in [0.2, 0.25) is 5.91 Å². The molecule has 0 aromatic carbocycles. The molecule has 1 amide bonds.